The van der Waals surface area contributed by atoms with Crippen molar-refractivity contribution in [2.24, 2.45) is 11.5 Å². The molecule has 4 N–H and O–H groups in total. The average Bonchev–Trinajstić information content (AvgIpc) is 2.99. The predicted molar refractivity (Wildman–Crippen MR) is 108 cm³/mol. The number of rotatable bonds is 4. The molecular weight excluding hydrogens is 411 g/mol. The maximum atomic E-state index is 12.7. The quantitative estimate of drug-likeness (QED) is 0.650. The van der Waals surface area contributed by atoms with E-state index in [1.54, 1.807) is 13.0 Å². The Morgan fingerprint density at radius 2 is 1.90 bits per heavy atom. The zero-order valence-corrected chi connectivity index (χ0v) is 16.8. The van der Waals surface area contributed by atoms with E-state index >= 15 is 0 Å². The highest BCUT2D eigenvalue weighted by atomic mass is 19.4. The van der Waals surface area contributed by atoms with Crippen LogP contribution in [0.4, 0.5) is 13.2 Å². The van der Waals surface area contributed by atoms with Gasteiger partial charge in [0.25, 0.3) is 5.91 Å². The number of nitrogens with two attached hydrogens (primary N) is 2. The van der Waals surface area contributed by atoms with Gasteiger partial charge in [0.2, 0.25) is 0 Å². The highest BCUT2D eigenvalue weighted by Gasteiger charge is 2.32. The lowest BCUT2D eigenvalue weighted by molar-refractivity contribution is -0.274. The van der Waals surface area contributed by atoms with Gasteiger partial charge in [0.05, 0.1) is 18.1 Å². The number of carbonyl (C=O) groups is 1. The van der Waals surface area contributed by atoms with Gasteiger partial charge < -0.3 is 20.8 Å². The summed E-state index contributed by atoms with van der Waals surface area (Å²) in [6.45, 7) is 1.80. The van der Waals surface area contributed by atoms with Crippen LogP contribution in [-0.4, -0.2) is 32.8 Å². The third kappa shape index (κ3) is 4.20. The molecular formula is C21H22F3N5O2. The van der Waals surface area contributed by atoms with E-state index in [1.165, 1.54) is 24.5 Å². The lowest BCUT2D eigenvalue weighted by atomic mass is 9.91. The maximum Gasteiger partial charge on any atom is 0.573 e. The lowest BCUT2D eigenvalue weighted by Gasteiger charge is -2.29. The first-order chi connectivity index (χ1) is 14.6. The third-order valence-corrected chi connectivity index (χ3v) is 5.70. The largest absolute Gasteiger partial charge is 0.573 e. The van der Waals surface area contributed by atoms with E-state index in [-0.39, 0.29) is 23.5 Å². The van der Waals surface area contributed by atoms with Gasteiger partial charge in [0.15, 0.2) is 0 Å². The van der Waals surface area contributed by atoms with Crippen LogP contribution in [0.2, 0.25) is 0 Å². The molecule has 10 heteroatoms. The molecule has 0 aliphatic heterocycles. The zero-order chi connectivity index (χ0) is 22.3. The molecule has 2 aromatic heterocycles. The fourth-order valence-corrected chi connectivity index (χ4v) is 4.30. The first kappa shape index (κ1) is 21.1. The van der Waals surface area contributed by atoms with Crippen LogP contribution >= 0.6 is 0 Å². The van der Waals surface area contributed by atoms with E-state index in [0.29, 0.717) is 22.3 Å². The van der Waals surface area contributed by atoms with E-state index in [4.69, 9.17) is 11.5 Å². The Balaban J connectivity index is 1.92. The molecule has 3 aromatic rings. The van der Waals surface area contributed by atoms with Gasteiger partial charge in [-0.05, 0) is 56.4 Å². The summed E-state index contributed by atoms with van der Waals surface area (Å²) in [4.78, 5) is 20.1. The normalized spacial score (nSPS) is 19.5. The number of halogens is 3. The molecule has 1 aliphatic rings. The minimum absolute atomic E-state index is 0.0143. The smallest absolute Gasteiger partial charge is 0.406 e. The summed E-state index contributed by atoms with van der Waals surface area (Å²) in [7, 11) is 0. The summed E-state index contributed by atoms with van der Waals surface area (Å²) >= 11 is 0. The SMILES string of the molecule is Cc1c(-c2cncc(C(N)=O)n2)n(C2CCC(N)CC2)c2ccc(OC(F)(F)F)cc12. The minimum atomic E-state index is -4.78. The van der Waals surface area contributed by atoms with Crippen LogP contribution in [0, 0.1) is 6.92 Å². The first-order valence-electron chi connectivity index (χ1n) is 9.92. The Morgan fingerprint density at radius 1 is 1.19 bits per heavy atom. The van der Waals surface area contributed by atoms with Gasteiger partial charge in [-0.25, -0.2) is 4.98 Å². The van der Waals surface area contributed by atoms with Crippen LogP contribution in [0.25, 0.3) is 22.3 Å². The molecule has 0 unspecified atom stereocenters. The van der Waals surface area contributed by atoms with Crippen molar-refractivity contribution in [3.8, 4) is 17.1 Å². The van der Waals surface area contributed by atoms with Gasteiger partial charge >= 0.3 is 6.36 Å². The Labute approximate surface area is 176 Å². The van der Waals surface area contributed by atoms with E-state index in [0.717, 1.165) is 31.2 Å². The van der Waals surface area contributed by atoms with Gasteiger partial charge in [0, 0.05) is 23.0 Å². The van der Waals surface area contributed by atoms with Crippen LogP contribution in [0.5, 0.6) is 5.75 Å². The number of ether oxygens (including phenoxy) is 1. The van der Waals surface area contributed by atoms with E-state index < -0.39 is 12.3 Å². The fourth-order valence-electron chi connectivity index (χ4n) is 4.30. The Kier molecular flexibility index (Phi) is 5.34. The van der Waals surface area contributed by atoms with Gasteiger partial charge in [-0.1, -0.05) is 0 Å². The first-order valence-corrected chi connectivity index (χ1v) is 9.92. The van der Waals surface area contributed by atoms with Crippen LogP contribution < -0.4 is 16.2 Å². The number of aryl methyl sites for hydroxylation is 1. The molecule has 2 heterocycles. The summed E-state index contributed by atoms with van der Waals surface area (Å²) < 4.78 is 44.4. The summed E-state index contributed by atoms with van der Waals surface area (Å²) in [5.41, 5.74) is 14.0. The van der Waals surface area contributed by atoms with Gasteiger partial charge in [-0.15, -0.1) is 13.2 Å². The van der Waals surface area contributed by atoms with Gasteiger partial charge in [-0.2, -0.15) is 0 Å². The molecule has 0 bridgehead atoms. The number of carbonyl (C=O) groups excluding carboxylic acids is 1. The molecule has 0 radical (unpaired) electrons. The number of hydrogen-bond acceptors (Lipinski definition) is 5. The summed E-state index contributed by atoms with van der Waals surface area (Å²) in [6.07, 6.45) is 1.33. The number of amides is 1. The minimum Gasteiger partial charge on any atom is -0.406 e. The van der Waals surface area contributed by atoms with Crippen molar-refractivity contribution in [2.75, 3.05) is 0 Å². The molecule has 7 nitrogen and oxygen atoms in total. The monoisotopic (exact) mass is 433 g/mol. The van der Waals surface area contributed by atoms with Crippen molar-refractivity contribution in [3.05, 3.63) is 41.9 Å². The molecule has 1 saturated carbocycles. The summed E-state index contributed by atoms with van der Waals surface area (Å²) in [5.74, 6) is -1.01. The fraction of sp³-hybridized carbons (Fsp3) is 0.381. The second-order valence-electron chi connectivity index (χ2n) is 7.79. The van der Waals surface area contributed by atoms with Crippen molar-refractivity contribution < 1.29 is 22.7 Å². The molecule has 0 atom stereocenters. The number of benzene rings is 1. The van der Waals surface area contributed by atoms with Crippen LogP contribution in [-0.2, 0) is 0 Å². The van der Waals surface area contributed by atoms with Crippen molar-refractivity contribution in [1.29, 1.82) is 0 Å². The number of primary amides is 1. The van der Waals surface area contributed by atoms with Crippen molar-refractivity contribution >= 4 is 16.8 Å². The van der Waals surface area contributed by atoms with E-state index in [1.807, 2.05) is 0 Å². The molecule has 0 saturated heterocycles. The van der Waals surface area contributed by atoms with E-state index in [2.05, 4.69) is 19.3 Å². The Morgan fingerprint density at radius 3 is 2.55 bits per heavy atom. The number of fused-ring (bicyclic) bond motifs is 1. The molecule has 1 amide bonds. The molecule has 1 fully saturated rings. The molecule has 0 spiro atoms. The van der Waals surface area contributed by atoms with E-state index in [9.17, 15) is 18.0 Å². The predicted octanol–water partition coefficient (Wildman–Crippen LogP) is 3.85. The number of aromatic nitrogens is 3. The van der Waals surface area contributed by atoms with Crippen LogP contribution in [0.3, 0.4) is 0 Å². The number of alkyl halides is 3. The molecule has 1 aromatic carbocycles. The molecule has 1 aliphatic carbocycles. The average molecular weight is 433 g/mol. The van der Waals surface area contributed by atoms with Crippen LogP contribution in [0.1, 0.15) is 47.8 Å². The molecule has 4 rings (SSSR count). The number of nitrogens with zero attached hydrogens (tertiary/aromatic N) is 3. The lowest BCUT2D eigenvalue weighted by Crippen LogP contribution is -2.28. The highest BCUT2D eigenvalue weighted by molar-refractivity contribution is 5.93. The van der Waals surface area contributed by atoms with Crippen LogP contribution in [0.15, 0.2) is 30.6 Å². The molecule has 164 valence electrons. The van der Waals surface area contributed by atoms with Crippen molar-refractivity contribution in [2.45, 2.75) is 51.1 Å². The summed E-state index contributed by atoms with van der Waals surface area (Å²) in [5, 5.41) is 0.609. The molecule has 31 heavy (non-hydrogen) atoms. The van der Waals surface area contributed by atoms with Crippen molar-refractivity contribution in [1.82, 2.24) is 14.5 Å². The maximum absolute atomic E-state index is 12.7. The number of hydrogen-bond donors (Lipinski definition) is 2. The topological polar surface area (TPSA) is 109 Å². The Hall–Kier alpha value is -3.14. The Bertz CT molecular complexity index is 1130. The zero-order valence-electron chi connectivity index (χ0n) is 16.8. The highest BCUT2D eigenvalue weighted by Crippen LogP contribution is 2.41. The van der Waals surface area contributed by atoms with Crippen molar-refractivity contribution in [3.63, 3.8) is 0 Å². The second kappa shape index (κ2) is 7.84. The van der Waals surface area contributed by atoms with Gasteiger partial charge in [-0.3, -0.25) is 9.78 Å². The summed E-state index contributed by atoms with van der Waals surface area (Å²) in [6, 6.07) is 4.51. The second-order valence-corrected chi connectivity index (χ2v) is 7.79. The third-order valence-electron chi connectivity index (χ3n) is 5.70. The van der Waals surface area contributed by atoms with Gasteiger partial charge in [0.1, 0.15) is 17.1 Å². The standard InChI is InChI=1S/C21H22F3N5O2/c1-11-15-8-14(31-21(22,23)24)6-7-18(15)29(13-4-2-12(25)3-5-13)19(11)16-9-27-10-17(28-16)20(26)30/h6-10,12-13H,2-5,25H2,1H3,(H2,26,30).